The van der Waals surface area contributed by atoms with Crippen molar-refractivity contribution in [3.63, 3.8) is 0 Å². The Morgan fingerprint density at radius 3 is 2.34 bits per heavy atom. The third-order valence-corrected chi connectivity index (χ3v) is 11.6. The molecule has 3 N–H and O–H groups in total. The van der Waals surface area contributed by atoms with Gasteiger partial charge in [-0.1, -0.05) is 57.2 Å². The number of fused-ring (bicyclic) bond motifs is 1. The Labute approximate surface area is 378 Å². The zero-order chi connectivity index (χ0) is 45.6. The molecule has 0 aliphatic carbocycles. The molecule has 4 heterocycles. The molecule has 16 heteroatoms. The van der Waals surface area contributed by atoms with Crippen LogP contribution in [0.4, 0.5) is 0 Å². The van der Waals surface area contributed by atoms with E-state index in [9.17, 15) is 19.5 Å². The maximum Gasteiger partial charge on any atom is 0.246 e. The average Bonchev–Trinajstić information content (AvgIpc) is 3.91. The van der Waals surface area contributed by atoms with E-state index in [0.717, 1.165) is 43.9 Å². The summed E-state index contributed by atoms with van der Waals surface area (Å²) in [5.41, 5.74) is 6.67. The number of pyridine rings is 2. The van der Waals surface area contributed by atoms with Gasteiger partial charge in [-0.15, -0.1) is 11.3 Å². The lowest BCUT2D eigenvalue weighted by Crippen LogP contribution is -2.58. The van der Waals surface area contributed by atoms with E-state index in [2.05, 4.69) is 20.6 Å². The lowest BCUT2D eigenvalue weighted by Gasteiger charge is -2.35. The number of β-amino-alcohol motifs (C(OH)–C–C–N with tert-alkyl or cyclic N) is 1. The second kappa shape index (κ2) is 22.7. The van der Waals surface area contributed by atoms with Crippen molar-refractivity contribution in [2.24, 2.45) is 5.41 Å². The predicted molar refractivity (Wildman–Crippen MR) is 246 cm³/mol. The van der Waals surface area contributed by atoms with Crippen LogP contribution in [0.3, 0.4) is 0 Å². The average molecular weight is 895 g/mol. The largest absolute Gasteiger partial charge is 0.491 e. The van der Waals surface area contributed by atoms with Crippen molar-refractivity contribution in [1.82, 2.24) is 30.5 Å². The molecule has 4 atom stereocenters. The Hall–Kier alpha value is -5.78. The van der Waals surface area contributed by atoms with E-state index < -0.39 is 35.4 Å². The van der Waals surface area contributed by atoms with Gasteiger partial charge in [-0.2, -0.15) is 0 Å². The summed E-state index contributed by atoms with van der Waals surface area (Å²) in [5, 5.41) is 17.4. The first-order chi connectivity index (χ1) is 30.8. The van der Waals surface area contributed by atoms with Gasteiger partial charge in [0.1, 0.15) is 31.0 Å². The molecule has 340 valence electrons. The number of hydrogen-bond donors (Lipinski definition) is 3. The second-order valence-electron chi connectivity index (χ2n) is 16.6. The molecule has 0 radical (unpaired) electrons. The van der Waals surface area contributed by atoms with Gasteiger partial charge in [0.25, 0.3) is 0 Å². The standard InChI is InChI=1S/C48H58N6O9S/c1-31(34-8-10-35(11-9-34)44-32(2)50-30-64-44)51-46(57)41-27-38(55)28-54(41)47(58)45(48(3,4)5)53-42(56)29-62-22-21-60-19-20-61-23-24-63-39-15-16-40-36(26-39)12-14-37(52-40)13-7-33-17-18-49-43(25-33)59-6/h7-18,25-26,30-31,38,41,45,55H,19-24,27-29H2,1-6H3,(H,51,57)(H,53,56)/b13-7+/t31?,38-,41+,45?/m1/s1. The summed E-state index contributed by atoms with van der Waals surface area (Å²) in [7, 11) is 1.59. The molecule has 0 saturated carbocycles. The van der Waals surface area contributed by atoms with Crippen LogP contribution in [-0.2, 0) is 28.6 Å². The number of benzene rings is 2. The molecule has 2 unspecified atom stereocenters. The van der Waals surface area contributed by atoms with Crippen molar-refractivity contribution in [3.8, 4) is 22.1 Å². The molecule has 1 saturated heterocycles. The van der Waals surface area contributed by atoms with Gasteiger partial charge in [0, 0.05) is 30.6 Å². The van der Waals surface area contributed by atoms with Crippen LogP contribution in [0.25, 0.3) is 33.5 Å². The summed E-state index contributed by atoms with van der Waals surface area (Å²) < 4.78 is 27.8. The summed E-state index contributed by atoms with van der Waals surface area (Å²) >= 11 is 1.57. The number of rotatable bonds is 21. The maximum absolute atomic E-state index is 14.0. The van der Waals surface area contributed by atoms with Crippen molar-refractivity contribution in [2.75, 3.05) is 59.9 Å². The van der Waals surface area contributed by atoms with E-state index in [1.807, 2.05) is 119 Å². The number of likely N-dealkylation sites (tertiary alicyclic amines) is 1. The number of aliphatic hydroxyl groups excluding tert-OH is 1. The molecule has 3 amide bonds. The van der Waals surface area contributed by atoms with Gasteiger partial charge in [-0.3, -0.25) is 14.4 Å². The van der Waals surface area contributed by atoms with Crippen LogP contribution in [0.2, 0.25) is 0 Å². The highest BCUT2D eigenvalue weighted by molar-refractivity contribution is 7.13. The number of hydrogen-bond acceptors (Lipinski definition) is 13. The van der Waals surface area contributed by atoms with E-state index in [1.54, 1.807) is 24.6 Å². The van der Waals surface area contributed by atoms with Crippen LogP contribution in [0, 0.1) is 12.3 Å². The number of thiazole rings is 1. The van der Waals surface area contributed by atoms with Crippen molar-refractivity contribution in [3.05, 3.63) is 101 Å². The Bertz CT molecular complexity index is 2370. The van der Waals surface area contributed by atoms with Crippen LogP contribution in [-0.4, -0.2) is 121 Å². The molecule has 15 nitrogen and oxygen atoms in total. The number of amides is 3. The molecule has 0 spiro atoms. The smallest absolute Gasteiger partial charge is 0.246 e. The van der Waals surface area contributed by atoms with Gasteiger partial charge in [0.15, 0.2) is 0 Å². The first-order valence-electron chi connectivity index (χ1n) is 21.3. The minimum Gasteiger partial charge on any atom is -0.491 e. The van der Waals surface area contributed by atoms with Crippen molar-refractivity contribution in [1.29, 1.82) is 0 Å². The van der Waals surface area contributed by atoms with Crippen molar-refractivity contribution >= 4 is 52.1 Å². The molecule has 3 aromatic heterocycles. The fraction of sp³-hybridized carbons (Fsp3) is 0.417. The minimum atomic E-state index is -0.967. The lowest BCUT2D eigenvalue weighted by atomic mass is 9.85. The molecular weight excluding hydrogens is 837 g/mol. The quantitative estimate of drug-likeness (QED) is 0.0728. The Morgan fingerprint density at radius 2 is 1.64 bits per heavy atom. The van der Waals surface area contributed by atoms with Crippen LogP contribution in [0.15, 0.2) is 78.4 Å². The molecule has 0 bridgehead atoms. The Morgan fingerprint density at radius 1 is 0.906 bits per heavy atom. The topological polar surface area (TPSA) is 184 Å². The molecule has 1 aliphatic heterocycles. The lowest BCUT2D eigenvalue weighted by molar-refractivity contribution is -0.144. The van der Waals surface area contributed by atoms with Gasteiger partial charge < -0.3 is 44.3 Å². The number of methoxy groups -OCH3 is 1. The summed E-state index contributed by atoms with van der Waals surface area (Å²) in [6.45, 7) is 10.9. The maximum atomic E-state index is 14.0. The molecule has 64 heavy (non-hydrogen) atoms. The summed E-state index contributed by atoms with van der Waals surface area (Å²) in [6.07, 6.45) is 4.82. The van der Waals surface area contributed by atoms with Gasteiger partial charge in [0.2, 0.25) is 23.6 Å². The highest BCUT2D eigenvalue weighted by atomic mass is 32.1. The monoisotopic (exact) mass is 894 g/mol. The number of carbonyl (C=O) groups excluding carboxylic acids is 3. The van der Waals surface area contributed by atoms with Gasteiger partial charge >= 0.3 is 0 Å². The molecule has 1 aliphatic rings. The SMILES string of the molecule is COc1cc(/C=C/c2ccc3cc(OCCOCCOCCOCC(=O)NC(C(=O)N4C[C@H](O)C[C@H]4C(=O)NC(C)c4ccc(-c5scnc5C)cc4)C(C)(C)C)ccc3n2)ccn1. The van der Waals surface area contributed by atoms with Crippen LogP contribution >= 0.6 is 11.3 Å². The van der Waals surface area contributed by atoms with E-state index in [4.69, 9.17) is 28.7 Å². The normalized spacial score (nSPS) is 16.2. The number of aromatic nitrogens is 3. The molecule has 2 aromatic carbocycles. The molecule has 5 aromatic rings. The van der Waals surface area contributed by atoms with E-state index in [0.29, 0.717) is 38.1 Å². The number of ether oxygens (including phenoxy) is 5. The highest BCUT2D eigenvalue weighted by Crippen LogP contribution is 2.30. The number of aryl methyl sites for hydroxylation is 1. The number of aliphatic hydroxyl groups is 1. The first kappa shape index (κ1) is 47.7. The first-order valence-corrected chi connectivity index (χ1v) is 22.2. The van der Waals surface area contributed by atoms with Crippen LogP contribution in [0.1, 0.15) is 62.7 Å². The molecule has 6 rings (SSSR count). The minimum absolute atomic E-state index is 0.0185. The van der Waals surface area contributed by atoms with E-state index >= 15 is 0 Å². The van der Waals surface area contributed by atoms with Crippen molar-refractivity contribution < 1.29 is 43.2 Å². The zero-order valence-electron chi connectivity index (χ0n) is 37.2. The fourth-order valence-electron chi connectivity index (χ4n) is 7.16. The predicted octanol–water partition coefficient (Wildman–Crippen LogP) is 6.04. The summed E-state index contributed by atoms with van der Waals surface area (Å²) in [6, 6.07) is 19.2. The summed E-state index contributed by atoms with van der Waals surface area (Å²) in [4.78, 5) is 56.2. The Kier molecular flexibility index (Phi) is 16.9. The van der Waals surface area contributed by atoms with Gasteiger partial charge in [-0.05, 0) is 72.4 Å². The van der Waals surface area contributed by atoms with Crippen LogP contribution < -0.4 is 20.1 Å². The fourth-order valence-corrected chi connectivity index (χ4v) is 7.98. The third kappa shape index (κ3) is 13.4. The zero-order valence-corrected chi connectivity index (χ0v) is 38.1. The molecule has 1 fully saturated rings. The van der Waals surface area contributed by atoms with Crippen LogP contribution in [0.5, 0.6) is 11.6 Å². The second-order valence-corrected chi connectivity index (χ2v) is 17.4. The number of carbonyl (C=O) groups is 3. The van der Waals surface area contributed by atoms with Gasteiger partial charge in [-0.25, -0.2) is 15.0 Å². The van der Waals surface area contributed by atoms with E-state index in [-0.39, 0.29) is 44.7 Å². The highest BCUT2D eigenvalue weighted by Gasteiger charge is 2.44. The van der Waals surface area contributed by atoms with Gasteiger partial charge in [0.05, 0.1) is 79.6 Å². The summed E-state index contributed by atoms with van der Waals surface area (Å²) in [5.74, 6) is -0.0251. The third-order valence-electron chi connectivity index (χ3n) is 10.6. The number of nitrogens with zero attached hydrogens (tertiary/aromatic N) is 4. The number of nitrogens with one attached hydrogen (secondary N) is 2. The molecular formula is C48H58N6O9S. The van der Waals surface area contributed by atoms with Crippen molar-refractivity contribution in [2.45, 2.75) is 65.3 Å². The Balaban J connectivity index is 0.856. The van der Waals surface area contributed by atoms with E-state index in [1.165, 1.54) is 4.90 Å².